The Morgan fingerprint density at radius 3 is 2.80 bits per heavy atom. The molecule has 6 nitrogen and oxygen atoms in total. The Bertz CT molecular complexity index is 674. The molecule has 3 unspecified atom stereocenters. The van der Waals surface area contributed by atoms with E-state index in [9.17, 15) is 9.59 Å². The largest absolute Gasteiger partial charge is 0.468 e. The van der Waals surface area contributed by atoms with Crippen LogP contribution in [0.3, 0.4) is 0 Å². The van der Waals surface area contributed by atoms with Crippen LogP contribution in [0.15, 0.2) is 24.3 Å². The molecule has 3 aliphatic rings. The fourth-order valence-corrected chi connectivity index (χ4v) is 4.40. The number of ether oxygens (including phenoxy) is 1. The molecule has 1 aliphatic heterocycles. The summed E-state index contributed by atoms with van der Waals surface area (Å²) in [6.07, 6.45) is 5.54. The number of hydrogen-bond acceptors (Lipinski definition) is 4. The average Bonchev–Trinajstić information content (AvgIpc) is 3.36. The minimum Gasteiger partial charge on any atom is -0.468 e. The highest BCUT2D eigenvalue weighted by atomic mass is 16.5. The molecule has 25 heavy (non-hydrogen) atoms. The number of methoxy groups -OCH3 is 1. The summed E-state index contributed by atoms with van der Waals surface area (Å²) in [4.78, 5) is 26.4. The van der Waals surface area contributed by atoms with Crippen molar-refractivity contribution >= 4 is 17.7 Å². The van der Waals surface area contributed by atoms with Gasteiger partial charge in [-0.25, -0.2) is 4.79 Å². The number of esters is 1. The van der Waals surface area contributed by atoms with Crippen molar-refractivity contribution in [2.24, 2.45) is 5.92 Å². The van der Waals surface area contributed by atoms with Crippen LogP contribution in [0.1, 0.15) is 43.7 Å². The van der Waals surface area contributed by atoms with Crippen molar-refractivity contribution in [3.05, 3.63) is 29.8 Å². The fourth-order valence-electron chi connectivity index (χ4n) is 4.40. The van der Waals surface area contributed by atoms with Crippen molar-refractivity contribution in [3.8, 4) is 0 Å². The monoisotopic (exact) mass is 343 g/mol. The van der Waals surface area contributed by atoms with Gasteiger partial charge in [-0.15, -0.1) is 0 Å². The lowest BCUT2D eigenvalue weighted by atomic mass is 9.83. The fraction of sp³-hybridized carbons (Fsp3) is 0.579. The lowest BCUT2D eigenvalue weighted by molar-refractivity contribution is -0.139. The first-order valence-corrected chi connectivity index (χ1v) is 9.17. The van der Waals surface area contributed by atoms with Crippen LogP contribution in [0, 0.1) is 5.92 Å². The van der Waals surface area contributed by atoms with Crippen molar-refractivity contribution in [2.75, 3.05) is 19.0 Å². The van der Waals surface area contributed by atoms with Crippen LogP contribution in [0.5, 0.6) is 0 Å². The summed E-state index contributed by atoms with van der Waals surface area (Å²) in [7, 11) is 1.33. The molecule has 0 aromatic heterocycles. The van der Waals surface area contributed by atoms with Crippen LogP contribution in [0.2, 0.25) is 0 Å². The highest BCUT2D eigenvalue weighted by Gasteiger charge is 2.47. The molecule has 0 saturated heterocycles. The van der Waals surface area contributed by atoms with Gasteiger partial charge in [-0.3, -0.25) is 4.79 Å². The highest BCUT2D eigenvalue weighted by molar-refractivity contribution is 5.82. The maximum absolute atomic E-state index is 12.9. The molecule has 0 bridgehead atoms. The molecular formula is C19H25N3O3. The molecule has 0 radical (unpaired) electrons. The molecule has 2 saturated carbocycles. The van der Waals surface area contributed by atoms with E-state index in [1.807, 2.05) is 17.0 Å². The Morgan fingerprint density at radius 1 is 1.24 bits per heavy atom. The number of hydrogen-bond donors (Lipinski definition) is 2. The van der Waals surface area contributed by atoms with E-state index < -0.39 is 5.97 Å². The van der Waals surface area contributed by atoms with Gasteiger partial charge in [0.1, 0.15) is 6.54 Å². The molecule has 3 atom stereocenters. The summed E-state index contributed by atoms with van der Waals surface area (Å²) in [6.45, 7) is -0.0841. The van der Waals surface area contributed by atoms with Crippen LogP contribution >= 0.6 is 0 Å². The number of nitrogens with zero attached hydrogens (tertiary/aromatic N) is 1. The van der Waals surface area contributed by atoms with E-state index in [-0.39, 0.29) is 24.7 Å². The predicted molar refractivity (Wildman–Crippen MR) is 94.2 cm³/mol. The number of carbonyl (C=O) groups is 2. The molecule has 2 fully saturated rings. The second kappa shape index (κ2) is 6.58. The Balaban J connectivity index is 1.63. The zero-order valence-electron chi connectivity index (χ0n) is 14.5. The lowest BCUT2D eigenvalue weighted by Crippen LogP contribution is -2.50. The molecular weight excluding hydrogens is 318 g/mol. The summed E-state index contributed by atoms with van der Waals surface area (Å²) in [6, 6.07) is 8.94. The summed E-state index contributed by atoms with van der Waals surface area (Å²) >= 11 is 0. The molecule has 1 aromatic carbocycles. The molecule has 4 rings (SSSR count). The Morgan fingerprint density at radius 2 is 2.04 bits per heavy atom. The van der Waals surface area contributed by atoms with Crippen molar-refractivity contribution in [1.82, 2.24) is 10.2 Å². The zero-order chi connectivity index (χ0) is 17.4. The van der Waals surface area contributed by atoms with E-state index in [1.165, 1.54) is 19.1 Å². The molecule has 2 aliphatic carbocycles. The summed E-state index contributed by atoms with van der Waals surface area (Å²) in [5, 5.41) is 6.42. The van der Waals surface area contributed by atoms with E-state index in [2.05, 4.69) is 27.5 Å². The molecule has 134 valence electrons. The summed E-state index contributed by atoms with van der Waals surface area (Å²) < 4.78 is 4.65. The molecule has 1 aromatic rings. The zero-order valence-corrected chi connectivity index (χ0v) is 14.5. The van der Waals surface area contributed by atoms with Crippen molar-refractivity contribution in [1.29, 1.82) is 0 Å². The number of urea groups is 1. The van der Waals surface area contributed by atoms with Crippen LogP contribution in [0.25, 0.3) is 0 Å². The van der Waals surface area contributed by atoms with Gasteiger partial charge in [-0.1, -0.05) is 24.6 Å². The average molecular weight is 343 g/mol. The Kier molecular flexibility index (Phi) is 4.27. The molecule has 1 heterocycles. The van der Waals surface area contributed by atoms with Crippen LogP contribution in [-0.4, -0.2) is 42.6 Å². The van der Waals surface area contributed by atoms with E-state index in [0.29, 0.717) is 12.0 Å². The Hall–Kier alpha value is -2.24. The van der Waals surface area contributed by atoms with Gasteiger partial charge >= 0.3 is 12.0 Å². The quantitative estimate of drug-likeness (QED) is 0.825. The minimum absolute atomic E-state index is 0.0788. The molecule has 6 heteroatoms. The normalized spacial score (nSPS) is 26.8. The summed E-state index contributed by atoms with van der Waals surface area (Å²) in [5.74, 6) is 0.00734. The molecule has 2 N–H and O–H groups in total. The molecule has 2 amide bonds. The maximum atomic E-state index is 12.9. The smallest absolute Gasteiger partial charge is 0.325 e. The SMILES string of the molecule is COC(=O)CNC(=O)N(C1CC1)C1c2ccccc2NC2CCCC21. The van der Waals surface area contributed by atoms with Gasteiger partial charge in [0, 0.05) is 23.7 Å². The van der Waals surface area contributed by atoms with E-state index in [1.54, 1.807) is 0 Å². The third kappa shape index (κ3) is 3.05. The number of anilines is 1. The van der Waals surface area contributed by atoms with Gasteiger partial charge in [0.25, 0.3) is 0 Å². The molecule has 0 spiro atoms. The van der Waals surface area contributed by atoms with E-state index >= 15 is 0 Å². The van der Waals surface area contributed by atoms with Crippen LogP contribution < -0.4 is 10.6 Å². The van der Waals surface area contributed by atoms with Gasteiger partial charge in [0.15, 0.2) is 0 Å². The van der Waals surface area contributed by atoms with E-state index in [0.717, 1.165) is 31.4 Å². The number of nitrogens with one attached hydrogen (secondary N) is 2. The van der Waals surface area contributed by atoms with E-state index in [4.69, 9.17) is 0 Å². The second-order valence-electron chi connectivity index (χ2n) is 7.25. The second-order valence-corrected chi connectivity index (χ2v) is 7.25. The maximum Gasteiger partial charge on any atom is 0.325 e. The number of para-hydroxylation sites is 1. The van der Waals surface area contributed by atoms with Gasteiger partial charge in [0.2, 0.25) is 0 Å². The van der Waals surface area contributed by atoms with Crippen LogP contribution in [-0.2, 0) is 9.53 Å². The third-order valence-corrected chi connectivity index (χ3v) is 5.68. The third-order valence-electron chi connectivity index (χ3n) is 5.68. The Labute approximate surface area is 147 Å². The van der Waals surface area contributed by atoms with Gasteiger partial charge < -0.3 is 20.3 Å². The topological polar surface area (TPSA) is 70.7 Å². The first-order chi connectivity index (χ1) is 12.2. The van der Waals surface area contributed by atoms with Crippen molar-refractivity contribution in [2.45, 2.75) is 50.2 Å². The van der Waals surface area contributed by atoms with Gasteiger partial charge in [-0.2, -0.15) is 0 Å². The predicted octanol–water partition coefficient (Wildman–Crippen LogP) is 2.67. The van der Waals surface area contributed by atoms with Crippen molar-refractivity contribution in [3.63, 3.8) is 0 Å². The van der Waals surface area contributed by atoms with Crippen LogP contribution in [0.4, 0.5) is 10.5 Å². The highest BCUT2D eigenvalue weighted by Crippen LogP contribution is 2.49. The first kappa shape index (κ1) is 16.2. The number of carbonyl (C=O) groups excluding carboxylic acids is 2. The minimum atomic E-state index is -0.423. The van der Waals surface area contributed by atoms with Gasteiger partial charge in [-0.05, 0) is 37.3 Å². The number of amides is 2. The standard InChI is InChI=1S/C19H25N3O3/c1-25-17(23)11-20-19(24)22(12-9-10-12)18-13-5-2-3-7-15(13)21-16-8-4-6-14(16)18/h2-3,5,7,12,14,16,18,21H,4,6,8-11H2,1H3,(H,20,24). The first-order valence-electron chi connectivity index (χ1n) is 9.17. The van der Waals surface area contributed by atoms with Crippen molar-refractivity contribution < 1.29 is 14.3 Å². The summed E-state index contributed by atoms with van der Waals surface area (Å²) in [5.41, 5.74) is 2.34. The van der Waals surface area contributed by atoms with Gasteiger partial charge in [0.05, 0.1) is 13.2 Å². The number of rotatable bonds is 4. The number of benzene rings is 1. The lowest BCUT2D eigenvalue weighted by Gasteiger charge is -2.43. The number of fused-ring (bicyclic) bond motifs is 2.